The Kier molecular flexibility index (Phi) is 14.3. The maximum Gasteiger partial charge on any atom is 0.114 e. The average Bonchev–Trinajstić information content (AvgIpc) is 2.77. The van der Waals surface area contributed by atoms with Gasteiger partial charge in [0.15, 0.2) is 0 Å². The van der Waals surface area contributed by atoms with Crippen molar-refractivity contribution in [2.45, 2.75) is 90.2 Å². The van der Waals surface area contributed by atoms with E-state index in [9.17, 15) is 15.0 Å². The van der Waals surface area contributed by atoms with Crippen LogP contribution in [0.1, 0.15) is 87.4 Å². The molecule has 0 radical (unpaired) electrons. The highest BCUT2D eigenvalue weighted by Crippen LogP contribution is 2.14. The summed E-state index contributed by atoms with van der Waals surface area (Å²) in [7, 11) is 0. The van der Waals surface area contributed by atoms with Crippen LogP contribution in [0.15, 0.2) is 54.6 Å². The molecule has 4 N–H and O–H groups in total. The normalized spacial score (nSPS) is 12.5. The summed E-state index contributed by atoms with van der Waals surface area (Å²) >= 11 is 0. The molecular weight excluding hydrogens is 386 g/mol. The number of aliphatic hydroxyl groups is 1. The lowest BCUT2D eigenvalue weighted by Crippen LogP contribution is -2.54. The number of carbonyl (C=O) groups excluding carboxylic acids is 1. The minimum Gasteiger partial charge on any atom is -0.550 e. The number of hydrogen-bond acceptors (Lipinski definition) is 3. The first kappa shape index (κ1) is 26.9. The second-order valence-electron chi connectivity index (χ2n) is 8.42. The third-order valence-corrected chi connectivity index (χ3v) is 5.45. The van der Waals surface area contributed by atoms with Crippen molar-refractivity contribution in [1.29, 1.82) is 0 Å². The third kappa shape index (κ3) is 13.7. The standard InChI is InChI=1S/C15H17N.C12H24O3/c1-12-7-9-13(10-8-12)11-15(16)14-5-3-2-4-6-14;1-2-3-4-5-6-7-8-11(13)9-10-12(14)15/h2-10,15H,11,16H2,1H3;11,13H,2-10H2,1H3,(H,14,15)/t15-;11-/m01/s1. The fourth-order valence-corrected chi connectivity index (χ4v) is 3.44. The van der Waals surface area contributed by atoms with Gasteiger partial charge in [0.25, 0.3) is 0 Å². The average molecular weight is 428 g/mol. The van der Waals surface area contributed by atoms with E-state index in [1.165, 1.54) is 42.4 Å². The Morgan fingerprint density at radius 1 is 0.935 bits per heavy atom. The molecule has 0 saturated heterocycles. The monoisotopic (exact) mass is 427 g/mol. The Hall–Kier alpha value is -2.17. The SMILES string of the molecule is CCCCCCCC[C@@H](O)CCC(=O)[O-].Cc1ccc(C[C@H]([NH3+])c2ccccc2)cc1. The number of aryl methyl sites for hydroxylation is 1. The number of carbonyl (C=O) groups is 1. The topological polar surface area (TPSA) is 88.0 Å². The van der Waals surface area contributed by atoms with E-state index in [1.54, 1.807) is 0 Å². The molecule has 0 aromatic heterocycles. The zero-order valence-electron chi connectivity index (χ0n) is 19.4. The van der Waals surface area contributed by atoms with E-state index in [-0.39, 0.29) is 6.42 Å². The van der Waals surface area contributed by atoms with Crippen LogP contribution in [0.25, 0.3) is 0 Å². The van der Waals surface area contributed by atoms with Gasteiger partial charge in [0.2, 0.25) is 0 Å². The molecule has 172 valence electrons. The van der Waals surface area contributed by atoms with Crippen LogP contribution in [0.4, 0.5) is 0 Å². The lowest BCUT2D eigenvalue weighted by Gasteiger charge is -2.10. The Bertz CT molecular complexity index is 700. The van der Waals surface area contributed by atoms with Gasteiger partial charge >= 0.3 is 0 Å². The highest BCUT2D eigenvalue weighted by atomic mass is 16.4. The maximum atomic E-state index is 10.1. The summed E-state index contributed by atoms with van der Waals surface area (Å²) in [5.41, 5.74) is 8.20. The van der Waals surface area contributed by atoms with Crippen molar-refractivity contribution in [3.8, 4) is 0 Å². The van der Waals surface area contributed by atoms with Crippen LogP contribution >= 0.6 is 0 Å². The summed E-state index contributed by atoms with van der Waals surface area (Å²) in [6, 6.07) is 19.5. The largest absolute Gasteiger partial charge is 0.550 e. The van der Waals surface area contributed by atoms with Crippen molar-refractivity contribution in [2.75, 3.05) is 0 Å². The van der Waals surface area contributed by atoms with E-state index in [4.69, 9.17) is 0 Å². The minimum absolute atomic E-state index is 0.0308. The summed E-state index contributed by atoms with van der Waals surface area (Å²) in [6.45, 7) is 4.30. The number of aliphatic hydroxyl groups excluding tert-OH is 1. The molecule has 0 aliphatic heterocycles. The van der Waals surface area contributed by atoms with Crippen molar-refractivity contribution in [3.05, 3.63) is 71.3 Å². The second-order valence-corrected chi connectivity index (χ2v) is 8.42. The highest BCUT2D eigenvalue weighted by Gasteiger charge is 2.09. The van der Waals surface area contributed by atoms with E-state index in [0.717, 1.165) is 25.7 Å². The van der Waals surface area contributed by atoms with Gasteiger partial charge in [-0.1, -0.05) is 106 Å². The van der Waals surface area contributed by atoms with Crippen LogP contribution in [0, 0.1) is 6.92 Å². The lowest BCUT2D eigenvalue weighted by atomic mass is 9.99. The fourth-order valence-electron chi connectivity index (χ4n) is 3.44. The first-order chi connectivity index (χ1) is 14.9. The lowest BCUT2D eigenvalue weighted by molar-refractivity contribution is -0.426. The molecule has 2 aromatic carbocycles. The molecule has 2 aromatic rings. The molecule has 4 nitrogen and oxygen atoms in total. The number of hydrogen-bond donors (Lipinski definition) is 2. The molecule has 2 rings (SSSR count). The molecule has 2 atom stereocenters. The number of rotatable bonds is 13. The van der Waals surface area contributed by atoms with Gasteiger partial charge in [-0.25, -0.2) is 0 Å². The van der Waals surface area contributed by atoms with Gasteiger partial charge in [-0.2, -0.15) is 0 Å². The van der Waals surface area contributed by atoms with Gasteiger partial charge in [-0.15, -0.1) is 0 Å². The van der Waals surface area contributed by atoms with Crippen LogP contribution in [0.2, 0.25) is 0 Å². The van der Waals surface area contributed by atoms with Crippen molar-refractivity contribution in [1.82, 2.24) is 0 Å². The number of quaternary nitrogens is 1. The predicted octanol–water partition coefficient (Wildman–Crippen LogP) is 4.15. The Labute approximate surface area is 188 Å². The molecule has 0 saturated carbocycles. The summed E-state index contributed by atoms with van der Waals surface area (Å²) in [6.07, 6.45) is 8.72. The summed E-state index contributed by atoms with van der Waals surface area (Å²) in [5, 5.41) is 19.5. The maximum absolute atomic E-state index is 10.1. The number of benzene rings is 2. The quantitative estimate of drug-likeness (QED) is 0.471. The zero-order chi connectivity index (χ0) is 22.9. The van der Waals surface area contributed by atoms with Crippen LogP contribution in [0.5, 0.6) is 0 Å². The van der Waals surface area contributed by atoms with E-state index >= 15 is 0 Å². The first-order valence-corrected chi connectivity index (χ1v) is 11.7. The molecule has 0 unspecified atom stereocenters. The van der Waals surface area contributed by atoms with Crippen molar-refractivity contribution < 1.29 is 20.7 Å². The van der Waals surface area contributed by atoms with E-state index < -0.39 is 12.1 Å². The molecule has 0 fully saturated rings. The van der Waals surface area contributed by atoms with Crippen molar-refractivity contribution in [2.24, 2.45) is 0 Å². The van der Waals surface area contributed by atoms with Gasteiger partial charge in [-0.3, -0.25) is 0 Å². The minimum atomic E-state index is -1.07. The molecule has 0 aliphatic carbocycles. The zero-order valence-corrected chi connectivity index (χ0v) is 19.4. The molecular formula is C27H41NO3. The summed E-state index contributed by atoms with van der Waals surface area (Å²) < 4.78 is 0. The van der Waals surface area contributed by atoms with Gasteiger partial charge in [0.05, 0.1) is 6.10 Å². The number of carboxylic acid groups (broad SMARTS) is 1. The van der Waals surface area contributed by atoms with Gasteiger partial charge in [-0.05, 0) is 31.7 Å². The van der Waals surface area contributed by atoms with Crippen LogP contribution in [0.3, 0.4) is 0 Å². The number of carboxylic acids is 1. The molecule has 0 heterocycles. The number of unbranched alkanes of at least 4 members (excludes halogenated alkanes) is 5. The molecule has 0 bridgehead atoms. The van der Waals surface area contributed by atoms with E-state index in [2.05, 4.69) is 68.1 Å². The molecule has 0 spiro atoms. The van der Waals surface area contributed by atoms with Crippen LogP contribution < -0.4 is 10.8 Å². The number of aliphatic carboxylic acids is 1. The molecule has 0 aliphatic rings. The summed E-state index contributed by atoms with van der Waals surface area (Å²) in [5.74, 6) is -1.07. The van der Waals surface area contributed by atoms with Crippen molar-refractivity contribution >= 4 is 5.97 Å². The van der Waals surface area contributed by atoms with Gasteiger partial charge in [0.1, 0.15) is 6.04 Å². The Morgan fingerprint density at radius 3 is 2.16 bits per heavy atom. The van der Waals surface area contributed by atoms with Crippen molar-refractivity contribution in [3.63, 3.8) is 0 Å². The molecule has 0 amide bonds. The van der Waals surface area contributed by atoms with Crippen LogP contribution in [-0.4, -0.2) is 17.2 Å². The smallest absolute Gasteiger partial charge is 0.114 e. The predicted molar refractivity (Wildman–Crippen MR) is 125 cm³/mol. The van der Waals surface area contributed by atoms with Gasteiger partial charge < -0.3 is 20.7 Å². The van der Waals surface area contributed by atoms with E-state index in [0.29, 0.717) is 12.5 Å². The second kappa shape index (κ2) is 16.5. The highest BCUT2D eigenvalue weighted by molar-refractivity contribution is 5.64. The summed E-state index contributed by atoms with van der Waals surface area (Å²) in [4.78, 5) is 10.1. The fraction of sp³-hybridized carbons (Fsp3) is 0.519. The first-order valence-electron chi connectivity index (χ1n) is 11.7. The Balaban J connectivity index is 0.000000311. The van der Waals surface area contributed by atoms with E-state index in [1.807, 2.05) is 6.07 Å². The molecule has 4 heteroatoms. The molecule has 31 heavy (non-hydrogen) atoms. The Morgan fingerprint density at radius 2 is 1.55 bits per heavy atom. The third-order valence-electron chi connectivity index (χ3n) is 5.45. The van der Waals surface area contributed by atoms with Gasteiger partial charge in [0, 0.05) is 18.0 Å². The van der Waals surface area contributed by atoms with Crippen LogP contribution in [-0.2, 0) is 11.2 Å².